The van der Waals surface area contributed by atoms with Gasteiger partial charge in [0.1, 0.15) is 34.7 Å². The third-order valence-corrected chi connectivity index (χ3v) is 10.1. The molecule has 9 nitrogen and oxygen atoms in total. The first-order valence-corrected chi connectivity index (χ1v) is 15.0. The van der Waals surface area contributed by atoms with Gasteiger partial charge in [-0.3, -0.25) is 4.98 Å². The van der Waals surface area contributed by atoms with Crippen LogP contribution in [-0.4, -0.2) is 84.2 Å². The Morgan fingerprint density at radius 1 is 1.19 bits per heavy atom. The highest BCUT2D eigenvalue weighted by atomic mass is 32.1. The van der Waals surface area contributed by atoms with E-state index < -0.39 is 17.5 Å². The van der Waals surface area contributed by atoms with E-state index in [2.05, 4.69) is 33.9 Å². The van der Waals surface area contributed by atoms with Gasteiger partial charge in [-0.1, -0.05) is 0 Å². The number of nitrogen functional groups attached to an aromatic ring is 1. The number of anilines is 2. The molecule has 1 saturated carbocycles. The summed E-state index contributed by atoms with van der Waals surface area (Å²) >= 11 is 0.735. The molecule has 3 aromatic heterocycles. The lowest BCUT2D eigenvalue weighted by molar-refractivity contribution is 0.0682. The molecule has 226 valence electrons. The maximum absolute atomic E-state index is 16.6. The van der Waals surface area contributed by atoms with E-state index in [1.54, 1.807) is 0 Å². The first-order valence-electron chi connectivity index (χ1n) is 14.2. The van der Waals surface area contributed by atoms with E-state index in [0.29, 0.717) is 24.4 Å². The van der Waals surface area contributed by atoms with Gasteiger partial charge in [-0.25, -0.2) is 13.2 Å². The number of likely N-dealkylation sites (N-methyl/N-ethyl adjacent to an activating group) is 3. The Bertz CT molecular complexity index is 1770. The lowest BCUT2D eigenvalue weighted by Crippen LogP contribution is -2.56. The number of likely N-dealkylation sites (tertiary alicyclic amines) is 1. The van der Waals surface area contributed by atoms with Crippen LogP contribution in [0.2, 0.25) is 0 Å². The highest BCUT2D eigenvalue weighted by Crippen LogP contribution is 2.43. The van der Waals surface area contributed by atoms with Crippen LogP contribution >= 0.6 is 11.3 Å². The van der Waals surface area contributed by atoms with Gasteiger partial charge in [-0.2, -0.15) is 15.2 Å². The second-order valence-electron chi connectivity index (χ2n) is 11.8. The number of nitrogens with two attached hydrogens (primary N) is 1. The molecule has 0 amide bonds. The second-order valence-corrected chi connectivity index (χ2v) is 12.9. The SMILES string of the molecule is CN(CC1(N(C)C)CCC1)c1nc(OC[C@@H]2CCCN2C)nc2c(F)c(-c3cc(F)c(F)c4sc(N)c(C#N)c34)ncc12. The van der Waals surface area contributed by atoms with Crippen molar-refractivity contribution < 1.29 is 17.9 Å². The lowest BCUT2D eigenvalue weighted by Gasteiger charge is -2.49. The minimum Gasteiger partial charge on any atom is -0.462 e. The maximum atomic E-state index is 16.6. The Labute approximate surface area is 251 Å². The van der Waals surface area contributed by atoms with Gasteiger partial charge in [0.25, 0.3) is 0 Å². The standard InChI is InChI=1S/C30H33F3N8OS/c1-39(2)30(8-6-9-30)15-41(4)28-19-13-36-24(17-11-20(31)22(32)26-21(17)18(12-34)27(35)43-26)23(33)25(19)37-29(38-28)42-14-16-7-5-10-40(16)3/h11,13,16H,5-10,14-15,35H2,1-4H3/t16-/m0/s1. The Morgan fingerprint density at radius 3 is 2.58 bits per heavy atom. The summed E-state index contributed by atoms with van der Waals surface area (Å²) in [6.45, 7) is 1.96. The Kier molecular flexibility index (Phi) is 7.56. The number of fused-ring (bicyclic) bond motifs is 2. The fourth-order valence-corrected chi connectivity index (χ4v) is 7.27. The molecule has 1 aliphatic carbocycles. The summed E-state index contributed by atoms with van der Waals surface area (Å²) < 4.78 is 52.0. The van der Waals surface area contributed by atoms with Gasteiger partial charge in [0, 0.05) is 42.3 Å². The Hall–Kier alpha value is -3.73. The smallest absolute Gasteiger partial charge is 0.319 e. The van der Waals surface area contributed by atoms with E-state index in [1.165, 1.54) is 6.20 Å². The third-order valence-electron chi connectivity index (χ3n) is 9.10. The van der Waals surface area contributed by atoms with Gasteiger partial charge in [-0.15, -0.1) is 11.3 Å². The molecule has 43 heavy (non-hydrogen) atoms. The van der Waals surface area contributed by atoms with Gasteiger partial charge in [0.15, 0.2) is 17.5 Å². The van der Waals surface area contributed by atoms with Gasteiger partial charge in [0.2, 0.25) is 0 Å². The highest BCUT2D eigenvalue weighted by Gasteiger charge is 2.40. The maximum Gasteiger partial charge on any atom is 0.319 e. The number of benzene rings is 1. The van der Waals surface area contributed by atoms with Crippen molar-refractivity contribution in [2.45, 2.75) is 43.7 Å². The number of hydrogen-bond donors (Lipinski definition) is 1. The molecule has 0 bridgehead atoms. The van der Waals surface area contributed by atoms with Crippen molar-refractivity contribution in [2.24, 2.45) is 0 Å². The highest BCUT2D eigenvalue weighted by molar-refractivity contribution is 7.23. The van der Waals surface area contributed by atoms with Crippen LogP contribution in [0.25, 0.3) is 32.2 Å². The Morgan fingerprint density at radius 2 is 1.95 bits per heavy atom. The summed E-state index contributed by atoms with van der Waals surface area (Å²) in [5.74, 6) is -2.75. The van der Waals surface area contributed by atoms with E-state index in [0.717, 1.165) is 56.1 Å². The van der Waals surface area contributed by atoms with Gasteiger partial charge >= 0.3 is 6.01 Å². The number of thiophene rings is 1. The van der Waals surface area contributed by atoms with Crippen LogP contribution in [0.4, 0.5) is 24.0 Å². The summed E-state index contributed by atoms with van der Waals surface area (Å²) in [7, 11) is 8.05. The predicted molar refractivity (Wildman–Crippen MR) is 162 cm³/mol. The molecule has 1 saturated heterocycles. The number of ether oxygens (including phenoxy) is 1. The predicted octanol–water partition coefficient (Wildman–Crippen LogP) is 5.17. The summed E-state index contributed by atoms with van der Waals surface area (Å²) in [4.78, 5) is 20.0. The zero-order valence-corrected chi connectivity index (χ0v) is 25.4. The average molecular weight is 611 g/mol. The van der Waals surface area contributed by atoms with E-state index in [9.17, 15) is 14.0 Å². The van der Waals surface area contributed by atoms with Crippen LogP contribution in [0.5, 0.6) is 6.01 Å². The quantitative estimate of drug-likeness (QED) is 0.289. The van der Waals surface area contributed by atoms with Crippen molar-refractivity contribution in [3.8, 4) is 23.3 Å². The second kappa shape index (κ2) is 11.1. The van der Waals surface area contributed by atoms with E-state index in [-0.39, 0.29) is 55.0 Å². The third kappa shape index (κ3) is 4.91. The summed E-state index contributed by atoms with van der Waals surface area (Å²) in [5, 5.41) is 10.1. The van der Waals surface area contributed by atoms with Gasteiger partial charge in [0.05, 0.1) is 15.6 Å². The van der Waals surface area contributed by atoms with Crippen LogP contribution in [0.15, 0.2) is 12.3 Å². The molecule has 6 rings (SSSR count). The van der Waals surface area contributed by atoms with Crippen molar-refractivity contribution in [3.63, 3.8) is 0 Å². The summed E-state index contributed by atoms with van der Waals surface area (Å²) in [6, 6.07) is 3.00. The molecule has 13 heteroatoms. The molecule has 2 aliphatic rings. The molecule has 4 aromatic rings. The van der Waals surface area contributed by atoms with Crippen LogP contribution in [-0.2, 0) is 0 Å². The topological polar surface area (TPSA) is 107 Å². The van der Waals surface area contributed by atoms with Crippen molar-refractivity contribution >= 4 is 43.1 Å². The number of hydrogen-bond acceptors (Lipinski definition) is 10. The zero-order valence-electron chi connectivity index (χ0n) is 24.5. The van der Waals surface area contributed by atoms with Crippen LogP contribution in [0.3, 0.4) is 0 Å². The first kappa shape index (κ1) is 29.3. The van der Waals surface area contributed by atoms with E-state index in [4.69, 9.17) is 15.5 Å². The molecule has 2 fully saturated rings. The summed E-state index contributed by atoms with van der Waals surface area (Å²) in [5.41, 5.74) is 5.43. The van der Waals surface area contributed by atoms with Gasteiger partial charge in [-0.05, 0) is 65.9 Å². The minimum atomic E-state index is -1.20. The molecular weight excluding hydrogens is 577 g/mol. The monoisotopic (exact) mass is 610 g/mol. The minimum absolute atomic E-state index is 0.00839. The summed E-state index contributed by atoms with van der Waals surface area (Å²) in [6.07, 6.45) is 6.65. The number of pyridine rings is 1. The number of nitriles is 1. The molecule has 1 aliphatic heterocycles. The number of aromatic nitrogens is 3. The number of rotatable bonds is 8. The van der Waals surface area contributed by atoms with Crippen molar-refractivity contribution in [3.05, 3.63) is 35.3 Å². The van der Waals surface area contributed by atoms with Crippen LogP contribution in [0, 0.1) is 28.8 Å². The first-order chi connectivity index (χ1) is 20.5. The molecule has 1 atom stereocenters. The molecule has 1 aromatic carbocycles. The molecule has 0 spiro atoms. The molecule has 2 N–H and O–H groups in total. The number of halogens is 3. The van der Waals surface area contributed by atoms with Crippen LogP contribution < -0.4 is 15.4 Å². The van der Waals surface area contributed by atoms with Gasteiger partial charge < -0.3 is 25.2 Å². The fraction of sp³-hybridized carbons (Fsp3) is 0.467. The average Bonchev–Trinajstić information content (AvgIpc) is 3.53. The lowest BCUT2D eigenvalue weighted by atomic mass is 9.75. The van der Waals surface area contributed by atoms with E-state index >= 15 is 4.39 Å². The molecule has 4 heterocycles. The zero-order chi connectivity index (χ0) is 30.6. The largest absolute Gasteiger partial charge is 0.462 e. The molecule has 0 radical (unpaired) electrons. The Balaban J connectivity index is 1.51. The fourth-order valence-electron chi connectivity index (χ4n) is 6.30. The molecule has 0 unspecified atom stereocenters. The molecular formula is C30H33F3N8OS. The van der Waals surface area contributed by atoms with Crippen molar-refractivity contribution in [1.29, 1.82) is 5.26 Å². The van der Waals surface area contributed by atoms with Crippen molar-refractivity contribution in [2.75, 3.05) is 58.5 Å². The normalized spacial score (nSPS) is 18.3. The van der Waals surface area contributed by atoms with E-state index in [1.807, 2.05) is 25.1 Å². The number of nitrogens with zero attached hydrogens (tertiary/aromatic N) is 7. The van der Waals surface area contributed by atoms with Crippen molar-refractivity contribution in [1.82, 2.24) is 24.8 Å². The van der Waals surface area contributed by atoms with Crippen LogP contribution in [0.1, 0.15) is 37.7 Å².